The van der Waals surface area contributed by atoms with Gasteiger partial charge in [0.15, 0.2) is 6.10 Å². The highest BCUT2D eigenvalue weighted by atomic mass is 16.5. The van der Waals surface area contributed by atoms with E-state index in [1.807, 2.05) is 89.2 Å². The fraction of sp³-hybridized carbons (Fsp3) is 0.400. The highest BCUT2D eigenvalue weighted by molar-refractivity contribution is 5.95. The maximum Gasteiger partial charge on any atom is 0.337 e. The third-order valence-corrected chi connectivity index (χ3v) is 7.66. The largest absolute Gasteiger partial charge is 0.479 e. The van der Waals surface area contributed by atoms with Gasteiger partial charge in [0.1, 0.15) is 0 Å². The lowest BCUT2D eigenvalue weighted by Gasteiger charge is -2.37. The number of aromatic nitrogens is 1. The Morgan fingerprint density at radius 2 is 1.60 bits per heavy atom. The van der Waals surface area contributed by atoms with E-state index in [1.165, 1.54) is 11.1 Å². The summed E-state index contributed by atoms with van der Waals surface area (Å²) in [7, 11) is 0. The number of anilines is 1. The van der Waals surface area contributed by atoms with Crippen molar-refractivity contribution in [2.24, 2.45) is 0 Å². The first-order chi connectivity index (χ1) is 19.9. The number of hydrogen-bond acceptors (Lipinski definition) is 5. The first kappa shape index (κ1) is 31.0. The molecule has 0 saturated carbocycles. The quantitative estimate of drug-likeness (QED) is 0.279. The summed E-state index contributed by atoms with van der Waals surface area (Å²) in [5.41, 5.74) is 8.34. The van der Waals surface area contributed by atoms with Crippen molar-refractivity contribution in [2.75, 3.05) is 18.0 Å². The van der Waals surface area contributed by atoms with Gasteiger partial charge in [0.2, 0.25) is 0 Å². The number of ether oxygens (including phenoxy) is 1. The average Bonchev–Trinajstić information content (AvgIpc) is 2.94. The first-order valence-corrected chi connectivity index (χ1v) is 14.6. The lowest BCUT2D eigenvalue weighted by Crippen LogP contribution is -2.35. The van der Waals surface area contributed by atoms with Crippen LogP contribution < -0.4 is 10.2 Å². The van der Waals surface area contributed by atoms with Crippen molar-refractivity contribution in [1.29, 1.82) is 0 Å². The van der Waals surface area contributed by atoms with Crippen LogP contribution in [0.3, 0.4) is 0 Å². The molecule has 1 aromatic heterocycles. The van der Waals surface area contributed by atoms with Crippen LogP contribution >= 0.6 is 0 Å². The molecule has 0 radical (unpaired) electrons. The second kappa shape index (κ2) is 12.9. The Hall–Kier alpha value is -3.97. The number of aryl methyl sites for hydroxylation is 2. The van der Waals surface area contributed by atoms with Crippen molar-refractivity contribution in [3.63, 3.8) is 0 Å². The van der Waals surface area contributed by atoms with E-state index >= 15 is 0 Å². The number of hydrogen-bond donors (Lipinski definition) is 2. The molecule has 4 rings (SSSR count). The number of carbonyl (C=O) groups excluding carboxylic acids is 1. The smallest absolute Gasteiger partial charge is 0.337 e. The molecule has 222 valence electrons. The van der Waals surface area contributed by atoms with Crippen LogP contribution in [0.1, 0.15) is 86.4 Å². The molecule has 2 aromatic carbocycles. The highest BCUT2D eigenvalue weighted by Crippen LogP contribution is 2.43. The monoisotopic (exact) mass is 569 g/mol. The van der Waals surface area contributed by atoms with Crippen molar-refractivity contribution < 1.29 is 19.4 Å². The molecule has 1 aliphatic rings. The van der Waals surface area contributed by atoms with Crippen molar-refractivity contribution in [3.8, 4) is 11.1 Å². The van der Waals surface area contributed by atoms with Crippen LogP contribution in [0.4, 0.5) is 5.69 Å². The van der Waals surface area contributed by atoms with Crippen molar-refractivity contribution >= 4 is 17.6 Å². The van der Waals surface area contributed by atoms with Gasteiger partial charge in [-0.05, 0) is 84.6 Å². The number of nitrogens with zero attached hydrogens (tertiary/aromatic N) is 2. The van der Waals surface area contributed by atoms with E-state index in [4.69, 9.17) is 9.72 Å². The van der Waals surface area contributed by atoms with Gasteiger partial charge in [0.05, 0.1) is 11.3 Å². The lowest BCUT2D eigenvalue weighted by atomic mass is 9.91. The predicted molar refractivity (Wildman–Crippen MR) is 168 cm³/mol. The summed E-state index contributed by atoms with van der Waals surface area (Å²) >= 11 is 0. The van der Waals surface area contributed by atoms with E-state index in [-0.39, 0.29) is 5.91 Å². The molecule has 1 fully saturated rings. The number of rotatable bonds is 8. The minimum absolute atomic E-state index is 0.153. The molecule has 1 saturated heterocycles. The number of aliphatic carboxylic acids is 1. The molecule has 1 amide bonds. The molecule has 2 N–H and O–H groups in total. The van der Waals surface area contributed by atoms with Gasteiger partial charge in [0, 0.05) is 47.7 Å². The molecule has 1 aliphatic heterocycles. The second-order valence-electron chi connectivity index (χ2n) is 12.2. The van der Waals surface area contributed by atoms with E-state index in [0.717, 1.165) is 54.0 Å². The number of amides is 1. The second-order valence-corrected chi connectivity index (χ2v) is 12.2. The molecule has 0 spiro atoms. The average molecular weight is 570 g/mol. The SMILES string of the molecule is CC(C)=C1CCN(c2c(-c3ccc(C(=O)NCc4ccccc4)cc3)c(C)nc(C)c2[C@H](OC(C)(C)C)C(=O)O)CC1. The Bertz CT molecular complexity index is 1460. The van der Waals surface area contributed by atoms with Gasteiger partial charge >= 0.3 is 5.97 Å². The van der Waals surface area contributed by atoms with Crippen molar-refractivity contribution in [3.05, 3.63) is 93.8 Å². The number of nitrogens with one attached hydrogen (secondary N) is 1. The van der Waals surface area contributed by atoms with Gasteiger partial charge in [-0.25, -0.2) is 4.79 Å². The van der Waals surface area contributed by atoms with E-state index in [0.29, 0.717) is 23.4 Å². The van der Waals surface area contributed by atoms with E-state index in [2.05, 4.69) is 24.1 Å². The van der Waals surface area contributed by atoms with Gasteiger partial charge in [-0.15, -0.1) is 0 Å². The molecule has 0 unspecified atom stereocenters. The topological polar surface area (TPSA) is 91.8 Å². The number of pyridine rings is 1. The summed E-state index contributed by atoms with van der Waals surface area (Å²) in [5, 5.41) is 13.4. The fourth-order valence-corrected chi connectivity index (χ4v) is 5.59. The van der Waals surface area contributed by atoms with Gasteiger partial charge in [-0.1, -0.05) is 53.6 Å². The number of benzene rings is 2. The molecule has 2 heterocycles. The van der Waals surface area contributed by atoms with Crippen molar-refractivity contribution in [2.45, 2.75) is 79.6 Å². The molecule has 0 bridgehead atoms. The summed E-state index contributed by atoms with van der Waals surface area (Å²) < 4.78 is 6.17. The van der Waals surface area contributed by atoms with Crippen LogP contribution in [-0.2, 0) is 16.1 Å². The Balaban J connectivity index is 1.78. The molecule has 7 nitrogen and oxygen atoms in total. The summed E-state index contributed by atoms with van der Waals surface area (Å²) in [4.78, 5) is 32.7. The lowest BCUT2D eigenvalue weighted by molar-refractivity contribution is -0.160. The standard InChI is InChI=1S/C35H43N3O4/c1-22(2)26-17-19-38(20-18-26)31-29(23(3)37-24(4)30(31)32(34(40)41)42-35(5,6)7)27-13-15-28(16-14-27)33(39)36-21-25-11-9-8-10-12-25/h8-16,32H,17-21H2,1-7H3,(H,36,39)(H,40,41)/t32-/m0/s1. The zero-order valence-electron chi connectivity index (χ0n) is 25.9. The Morgan fingerprint density at radius 1 is 0.976 bits per heavy atom. The van der Waals surface area contributed by atoms with Crippen LogP contribution in [0.25, 0.3) is 11.1 Å². The first-order valence-electron chi connectivity index (χ1n) is 14.6. The van der Waals surface area contributed by atoms with Crippen LogP contribution in [-0.4, -0.2) is 40.7 Å². The van der Waals surface area contributed by atoms with Gasteiger partial charge in [-0.2, -0.15) is 0 Å². The summed E-state index contributed by atoms with van der Waals surface area (Å²) in [6, 6.07) is 17.3. The molecular formula is C35H43N3O4. The zero-order chi connectivity index (χ0) is 30.6. The minimum atomic E-state index is -1.18. The van der Waals surface area contributed by atoms with E-state index < -0.39 is 17.7 Å². The molecular weight excluding hydrogens is 526 g/mol. The third-order valence-electron chi connectivity index (χ3n) is 7.66. The number of carboxylic acids is 1. The van der Waals surface area contributed by atoms with Gasteiger partial charge in [-0.3, -0.25) is 9.78 Å². The van der Waals surface area contributed by atoms with Gasteiger partial charge in [0.25, 0.3) is 5.91 Å². The van der Waals surface area contributed by atoms with Crippen LogP contribution in [0.5, 0.6) is 0 Å². The van der Waals surface area contributed by atoms with Crippen LogP contribution in [0, 0.1) is 13.8 Å². The zero-order valence-corrected chi connectivity index (χ0v) is 25.9. The number of piperidine rings is 1. The predicted octanol–water partition coefficient (Wildman–Crippen LogP) is 7.17. The molecule has 1 atom stereocenters. The molecule has 0 aliphatic carbocycles. The van der Waals surface area contributed by atoms with E-state index in [9.17, 15) is 14.7 Å². The van der Waals surface area contributed by atoms with E-state index in [1.54, 1.807) is 0 Å². The number of allylic oxidation sites excluding steroid dienone is 1. The van der Waals surface area contributed by atoms with Crippen LogP contribution in [0.15, 0.2) is 65.7 Å². The Morgan fingerprint density at radius 3 is 2.14 bits per heavy atom. The number of carboxylic acid groups (broad SMARTS) is 1. The Labute approximate surface area is 249 Å². The Kier molecular flexibility index (Phi) is 9.52. The van der Waals surface area contributed by atoms with Gasteiger partial charge < -0.3 is 20.1 Å². The maximum atomic E-state index is 12.9. The molecule has 7 heteroatoms. The summed E-state index contributed by atoms with van der Waals surface area (Å²) in [6.45, 7) is 15.7. The normalized spacial score (nSPS) is 14.5. The highest BCUT2D eigenvalue weighted by Gasteiger charge is 2.35. The molecule has 3 aromatic rings. The number of carbonyl (C=O) groups is 2. The summed E-state index contributed by atoms with van der Waals surface area (Å²) in [5.74, 6) is -1.20. The fourth-order valence-electron chi connectivity index (χ4n) is 5.59. The third kappa shape index (κ3) is 7.26. The van der Waals surface area contributed by atoms with Crippen LogP contribution in [0.2, 0.25) is 0 Å². The molecule has 42 heavy (non-hydrogen) atoms. The summed E-state index contributed by atoms with van der Waals surface area (Å²) in [6.07, 6.45) is 0.653. The van der Waals surface area contributed by atoms with Crippen molar-refractivity contribution in [1.82, 2.24) is 10.3 Å². The maximum absolute atomic E-state index is 12.9. The minimum Gasteiger partial charge on any atom is -0.479 e.